The number of sulfonamides is 1. The van der Waals surface area contributed by atoms with E-state index in [1.54, 1.807) is 18.3 Å². The van der Waals surface area contributed by atoms with Crippen molar-refractivity contribution in [2.45, 2.75) is 24.8 Å². The van der Waals surface area contributed by atoms with Crippen LogP contribution in [0, 0.1) is 17.0 Å². The number of nitro benzene ring substituents is 1. The summed E-state index contributed by atoms with van der Waals surface area (Å²) >= 11 is 1.58. The molecule has 1 aromatic heterocycles. The molecule has 1 aliphatic heterocycles. The maximum absolute atomic E-state index is 12.6. The number of thiazole rings is 1. The average Bonchev–Trinajstić information content (AvgIpc) is 3.13. The van der Waals surface area contributed by atoms with Gasteiger partial charge in [-0.1, -0.05) is 0 Å². The number of rotatable bonds is 8. The average molecular weight is 456 g/mol. The zero-order valence-corrected chi connectivity index (χ0v) is 18.7. The van der Waals surface area contributed by atoms with Crippen LogP contribution in [0.4, 0.5) is 16.5 Å². The first-order valence-electron chi connectivity index (χ1n) is 9.43. The highest BCUT2D eigenvalue weighted by Crippen LogP contribution is 2.32. The first-order chi connectivity index (χ1) is 14.2. The van der Waals surface area contributed by atoms with Crippen LogP contribution in [0.15, 0.2) is 28.5 Å². The van der Waals surface area contributed by atoms with E-state index in [1.807, 2.05) is 17.2 Å². The maximum atomic E-state index is 12.6. The lowest BCUT2D eigenvalue weighted by atomic mass is 10.2. The van der Waals surface area contributed by atoms with Crippen LogP contribution in [0.2, 0.25) is 0 Å². The molecule has 12 heteroatoms. The summed E-state index contributed by atoms with van der Waals surface area (Å²) in [6.45, 7) is 6.32. The van der Waals surface area contributed by atoms with Gasteiger partial charge < -0.3 is 14.5 Å². The van der Waals surface area contributed by atoms with E-state index in [0.29, 0.717) is 31.9 Å². The molecule has 0 spiro atoms. The van der Waals surface area contributed by atoms with Gasteiger partial charge >= 0.3 is 0 Å². The molecule has 0 amide bonds. The summed E-state index contributed by atoms with van der Waals surface area (Å²) in [7, 11) is -2.42. The van der Waals surface area contributed by atoms with Crippen molar-refractivity contribution in [2.75, 3.05) is 49.7 Å². The van der Waals surface area contributed by atoms with Crippen LogP contribution >= 0.6 is 11.3 Å². The topological polar surface area (TPSA) is 118 Å². The van der Waals surface area contributed by atoms with Crippen molar-refractivity contribution in [1.82, 2.24) is 9.71 Å². The fourth-order valence-corrected chi connectivity index (χ4v) is 5.43. The summed E-state index contributed by atoms with van der Waals surface area (Å²) < 4.78 is 32.5. The molecule has 1 saturated heterocycles. The smallest absolute Gasteiger partial charge is 0.293 e. The Balaban J connectivity index is 1.78. The van der Waals surface area contributed by atoms with Gasteiger partial charge in [0.05, 0.1) is 22.1 Å². The second-order valence-corrected chi connectivity index (χ2v) is 9.68. The zero-order chi connectivity index (χ0) is 21.9. The number of methoxy groups -OCH3 is 1. The second-order valence-electron chi connectivity index (χ2n) is 7.13. The number of nitro groups is 1. The lowest BCUT2D eigenvalue weighted by Gasteiger charge is -2.35. The van der Waals surface area contributed by atoms with Crippen molar-refractivity contribution < 1.29 is 18.1 Å². The third kappa shape index (κ3) is 5.06. The van der Waals surface area contributed by atoms with Crippen LogP contribution in [-0.4, -0.2) is 64.3 Å². The first-order valence-corrected chi connectivity index (χ1v) is 11.8. The number of ether oxygens (including phenoxy) is 1. The molecule has 1 aromatic carbocycles. The highest BCUT2D eigenvalue weighted by atomic mass is 32.2. The highest BCUT2D eigenvalue weighted by Gasteiger charge is 2.28. The van der Waals surface area contributed by atoms with E-state index in [4.69, 9.17) is 4.74 Å². The fourth-order valence-electron chi connectivity index (χ4n) is 3.33. The molecule has 2 heterocycles. The Morgan fingerprint density at radius 1 is 1.30 bits per heavy atom. The molecule has 164 valence electrons. The maximum Gasteiger partial charge on any atom is 0.293 e. The molecule has 1 atom stereocenters. The predicted octanol–water partition coefficient (Wildman–Crippen LogP) is 2.00. The molecule has 10 nitrogen and oxygen atoms in total. The molecule has 0 saturated carbocycles. The van der Waals surface area contributed by atoms with Crippen molar-refractivity contribution in [1.29, 1.82) is 0 Å². The molecule has 1 N–H and O–H groups in total. The molecule has 3 rings (SSSR count). The van der Waals surface area contributed by atoms with Crippen molar-refractivity contribution in [3.8, 4) is 0 Å². The van der Waals surface area contributed by atoms with E-state index in [-0.39, 0.29) is 17.2 Å². The fraction of sp³-hybridized carbons (Fsp3) is 0.500. The second kappa shape index (κ2) is 9.25. The van der Waals surface area contributed by atoms with Crippen molar-refractivity contribution in [3.05, 3.63) is 39.4 Å². The molecule has 0 unspecified atom stereocenters. The Morgan fingerprint density at radius 2 is 1.97 bits per heavy atom. The summed E-state index contributed by atoms with van der Waals surface area (Å²) in [5.41, 5.74) is 1.16. The number of hydrogen-bond donors (Lipinski definition) is 1. The Hall–Kier alpha value is -2.28. The Bertz CT molecular complexity index is 1000. The molecule has 0 bridgehead atoms. The van der Waals surface area contributed by atoms with Gasteiger partial charge in [0.15, 0.2) is 5.13 Å². The highest BCUT2D eigenvalue weighted by molar-refractivity contribution is 7.89. The van der Waals surface area contributed by atoms with Gasteiger partial charge in [-0.3, -0.25) is 10.1 Å². The zero-order valence-electron chi connectivity index (χ0n) is 17.1. The van der Waals surface area contributed by atoms with Gasteiger partial charge in [-0.15, -0.1) is 11.3 Å². The number of benzene rings is 1. The molecule has 0 aliphatic carbocycles. The summed E-state index contributed by atoms with van der Waals surface area (Å²) in [5, 5.41) is 14.6. The van der Waals surface area contributed by atoms with Crippen LogP contribution in [0.3, 0.4) is 0 Å². The normalized spacial score (nSPS) is 16.0. The summed E-state index contributed by atoms with van der Waals surface area (Å²) in [4.78, 5) is 19.6. The van der Waals surface area contributed by atoms with E-state index >= 15 is 0 Å². The number of aryl methyl sites for hydroxylation is 1. The molecular weight excluding hydrogens is 430 g/mol. The van der Waals surface area contributed by atoms with E-state index in [2.05, 4.69) is 14.6 Å². The quantitative estimate of drug-likeness (QED) is 0.474. The third-order valence-electron chi connectivity index (χ3n) is 4.72. The van der Waals surface area contributed by atoms with Gasteiger partial charge in [0.1, 0.15) is 5.69 Å². The van der Waals surface area contributed by atoms with Gasteiger partial charge in [0.25, 0.3) is 5.69 Å². The number of piperazine rings is 1. The third-order valence-corrected chi connectivity index (χ3v) is 7.33. The minimum Gasteiger partial charge on any atom is -0.383 e. The lowest BCUT2D eigenvalue weighted by Crippen LogP contribution is -2.46. The SMILES string of the molecule is COC[C@H](C)NS(=O)(=O)c1ccc(N2CCN(c3nc(C)cs3)CC2)c([N+](=O)[O-])c1. The van der Waals surface area contributed by atoms with Gasteiger partial charge in [0.2, 0.25) is 10.0 Å². The standard InChI is InChI=1S/C18H25N5O5S2/c1-13(11-28-3)20-30(26,27)15-4-5-16(17(10-15)23(24)25)21-6-8-22(9-7-21)18-19-14(2)12-29-18/h4-5,10,12-13,20H,6-9,11H2,1-3H3/t13-/m0/s1. The van der Waals surface area contributed by atoms with Crippen molar-refractivity contribution >= 4 is 37.9 Å². The van der Waals surface area contributed by atoms with Crippen LogP contribution in [-0.2, 0) is 14.8 Å². The molecule has 30 heavy (non-hydrogen) atoms. The number of anilines is 2. The largest absolute Gasteiger partial charge is 0.383 e. The molecule has 0 radical (unpaired) electrons. The van der Waals surface area contributed by atoms with E-state index in [1.165, 1.54) is 19.2 Å². The summed E-state index contributed by atoms with van der Waals surface area (Å²) in [5.74, 6) is 0. The monoisotopic (exact) mass is 455 g/mol. The van der Waals surface area contributed by atoms with Gasteiger partial charge in [-0.2, -0.15) is 0 Å². The molecule has 2 aromatic rings. The van der Waals surface area contributed by atoms with Gasteiger partial charge in [0, 0.05) is 50.8 Å². The summed E-state index contributed by atoms with van der Waals surface area (Å²) in [6.07, 6.45) is 0. The number of nitrogens with zero attached hydrogens (tertiary/aromatic N) is 4. The van der Waals surface area contributed by atoms with Gasteiger partial charge in [-0.25, -0.2) is 18.1 Å². The summed E-state index contributed by atoms with van der Waals surface area (Å²) in [6, 6.07) is 3.58. The number of nitrogens with one attached hydrogen (secondary N) is 1. The molecular formula is C18H25N5O5S2. The van der Waals surface area contributed by atoms with Crippen LogP contribution in [0.25, 0.3) is 0 Å². The Morgan fingerprint density at radius 3 is 2.53 bits per heavy atom. The minimum absolute atomic E-state index is 0.141. The molecule has 1 fully saturated rings. The van der Waals surface area contributed by atoms with E-state index in [0.717, 1.165) is 16.9 Å². The van der Waals surface area contributed by atoms with Crippen LogP contribution in [0.1, 0.15) is 12.6 Å². The number of aromatic nitrogens is 1. The van der Waals surface area contributed by atoms with Crippen LogP contribution < -0.4 is 14.5 Å². The number of hydrogen-bond acceptors (Lipinski definition) is 9. The van der Waals surface area contributed by atoms with E-state index < -0.39 is 21.0 Å². The first kappa shape index (κ1) is 22.4. The predicted molar refractivity (Wildman–Crippen MR) is 116 cm³/mol. The van der Waals surface area contributed by atoms with Gasteiger partial charge in [-0.05, 0) is 26.0 Å². The Labute approximate surface area is 179 Å². The van der Waals surface area contributed by atoms with Crippen molar-refractivity contribution in [2.24, 2.45) is 0 Å². The van der Waals surface area contributed by atoms with Crippen molar-refractivity contribution in [3.63, 3.8) is 0 Å². The lowest BCUT2D eigenvalue weighted by molar-refractivity contribution is -0.384. The minimum atomic E-state index is -3.90. The van der Waals surface area contributed by atoms with E-state index in [9.17, 15) is 18.5 Å². The Kier molecular flexibility index (Phi) is 6.91. The molecule has 1 aliphatic rings. The van der Waals surface area contributed by atoms with Crippen LogP contribution in [0.5, 0.6) is 0 Å².